The summed E-state index contributed by atoms with van der Waals surface area (Å²) in [6.07, 6.45) is 1.65. The Balaban J connectivity index is 1.59. The molecule has 0 unspecified atom stereocenters. The molecule has 0 saturated carbocycles. The molecular formula is C19H20N4OS. The standard InChI is InChI=1S/C19H20N4OS/c1-3-23-17-10-5-4-9-16(17)21-19(23)25-13-18(24)22-20-12-15-8-6-7-14(2)11-15/h4-12H,3,13H2,1-2H3,(H,22,24)/b20-12+. The molecule has 1 amide bonds. The van der Waals surface area contributed by atoms with Crippen LogP contribution in [-0.4, -0.2) is 27.4 Å². The van der Waals surface area contributed by atoms with Gasteiger partial charge in [0.2, 0.25) is 0 Å². The van der Waals surface area contributed by atoms with Crippen molar-refractivity contribution in [3.8, 4) is 0 Å². The molecule has 128 valence electrons. The summed E-state index contributed by atoms with van der Waals surface area (Å²) >= 11 is 1.42. The number of nitrogens with one attached hydrogen (secondary N) is 1. The number of amides is 1. The Hall–Kier alpha value is -2.60. The fourth-order valence-electron chi connectivity index (χ4n) is 2.56. The van der Waals surface area contributed by atoms with Gasteiger partial charge in [0.05, 0.1) is 23.0 Å². The van der Waals surface area contributed by atoms with E-state index in [0.29, 0.717) is 0 Å². The van der Waals surface area contributed by atoms with Gasteiger partial charge in [-0.05, 0) is 31.5 Å². The predicted octanol–water partition coefficient (Wildman–Crippen LogP) is 3.61. The first-order valence-corrected chi connectivity index (χ1v) is 9.12. The van der Waals surface area contributed by atoms with Crippen LogP contribution in [0, 0.1) is 6.92 Å². The van der Waals surface area contributed by atoms with Gasteiger partial charge in [0.25, 0.3) is 5.91 Å². The lowest BCUT2D eigenvalue weighted by molar-refractivity contribution is -0.118. The lowest BCUT2D eigenvalue weighted by Crippen LogP contribution is -2.20. The molecule has 0 atom stereocenters. The highest BCUT2D eigenvalue weighted by molar-refractivity contribution is 7.99. The Labute approximate surface area is 151 Å². The molecule has 1 heterocycles. The monoisotopic (exact) mass is 352 g/mol. The summed E-state index contributed by atoms with van der Waals surface area (Å²) in [5.41, 5.74) is 6.72. The van der Waals surface area contributed by atoms with Crippen molar-refractivity contribution in [3.63, 3.8) is 0 Å². The Morgan fingerprint density at radius 3 is 2.92 bits per heavy atom. The average molecular weight is 352 g/mol. The second-order valence-corrected chi connectivity index (χ2v) is 6.57. The minimum absolute atomic E-state index is 0.149. The van der Waals surface area contributed by atoms with Gasteiger partial charge in [0.15, 0.2) is 5.16 Å². The molecule has 3 aromatic rings. The Kier molecular flexibility index (Phi) is 5.50. The lowest BCUT2D eigenvalue weighted by Gasteiger charge is -2.04. The van der Waals surface area contributed by atoms with E-state index < -0.39 is 0 Å². The molecule has 0 fully saturated rings. The van der Waals surface area contributed by atoms with Crippen molar-refractivity contribution in [3.05, 3.63) is 59.7 Å². The van der Waals surface area contributed by atoms with Crippen LogP contribution in [0.4, 0.5) is 0 Å². The molecule has 0 aliphatic carbocycles. The first-order chi connectivity index (χ1) is 12.2. The maximum absolute atomic E-state index is 12.0. The van der Waals surface area contributed by atoms with Gasteiger partial charge in [-0.15, -0.1) is 0 Å². The highest BCUT2D eigenvalue weighted by atomic mass is 32.2. The number of hydrazone groups is 1. The molecule has 25 heavy (non-hydrogen) atoms. The van der Waals surface area contributed by atoms with Crippen molar-refractivity contribution in [1.82, 2.24) is 15.0 Å². The van der Waals surface area contributed by atoms with Gasteiger partial charge < -0.3 is 4.57 Å². The number of benzene rings is 2. The number of imidazole rings is 1. The van der Waals surface area contributed by atoms with E-state index in [2.05, 4.69) is 27.0 Å². The zero-order valence-corrected chi connectivity index (χ0v) is 15.1. The van der Waals surface area contributed by atoms with Crippen molar-refractivity contribution in [2.24, 2.45) is 5.10 Å². The van der Waals surface area contributed by atoms with Gasteiger partial charge in [-0.2, -0.15) is 5.10 Å². The maximum Gasteiger partial charge on any atom is 0.250 e. The molecule has 0 bridgehead atoms. The van der Waals surface area contributed by atoms with Crippen LogP contribution in [0.2, 0.25) is 0 Å². The third kappa shape index (κ3) is 4.28. The molecule has 3 rings (SSSR count). The first-order valence-electron chi connectivity index (χ1n) is 8.14. The molecule has 6 heteroatoms. The van der Waals surface area contributed by atoms with Crippen molar-refractivity contribution in [1.29, 1.82) is 0 Å². The summed E-state index contributed by atoms with van der Waals surface area (Å²) in [5, 5.41) is 4.86. The van der Waals surface area contributed by atoms with Gasteiger partial charge in [0, 0.05) is 6.54 Å². The maximum atomic E-state index is 12.0. The fraction of sp³-hybridized carbons (Fsp3) is 0.211. The zero-order chi connectivity index (χ0) is 17.6. The van der Waals surface area contributed by atoms with Gasteiger partial charge in [0.1, 0.15) is 0 Å². The second kappa shape index (κ2) is 7.98. The van der Waals surface area contributed by atoms with Crippen LogP contribution in [0.1, 0.15) is 18.1 Å². The average Bonchev–Trinajstić information content (AvgIpc) is 2.97. The molecule has 0 saturated heterocycles. The topological polar surface area (TPSA) is 59.3 Å². The third-order valence-corrected chi connectivity index (χ3v) is 4.69. The van der Waals surface area contributed by atoms with E-state index in [0.717, 1.165) is 33.9 Å². The smallest absolute Gasteiger partial charge is 0.250 e. The van der Waals surface area contributed by atoms with Crippen molar-refractivity contribution in [2.75, 3.05) is 5.75 Å². The number of hydrogen-bond donors (Lipinski definition) is 1. The summed E-state index contributed by atoms with van der Waals surface area (Å²) < 4.78 is 2.11. The van der Waals surface area contributed by atoms with Gasteiger partial charge in [-0.3, -0.25) is 4.79 Å². The van der Waals surface area contributed by atoms with Gasteiger partial charge >= 0.3 is 0 Å². The second-order valence-electron chi connectivity index (χ2n) is 5.62. The SMILES string of the molecule is CCn1c(SCC(=O)N/N=C/c2cccc(C)c2)nc2ccccc21. The van der Waals surface area contributed by atoms with Crippen LogP contribution in [0.3, 0.4) is 0 Å². The molecule has 1 aromatic heterocycles. The number of carbonyl (C=O) groups is 1. The summed E-state index contributed by atoms with van der Waals surface area (Å²) in [4.78, 5) is 16.6. The van der Waals surface area contributed by atoms with Gasteiger partial charge in [-0.1, -0.05) is 53.7 Å². The van der Waals surface area contributed by atoms with Crippen molar-refractivity contribution < 1.29 is 4.79 Å². The minimum Gasteiger partial charge on any atom is -0.319 e. The number of carbonyl (C=O) groups excluding carboxylic acids is 1. The molecule has 0 aliphatic heterocycles. The highest BCUT2D eigenvalue weighted by Gasteiger charge is 2.11. The van der Waals surface area contributed by atoms with E-state index in [-0.39, 0.29) is 11.7 Å². The number of thioether (sulfide) groups is 1. The number of hydrogen-bond acceptors (Lipinski definition) is 4. The molecule has 0 aliphatic rings. The quantitative estimate of drug-likeness (QED) is 0.419. The largest absolute Gasteiger partial charge is 0.319 e. The molecule has 0 spiro atoms. The normalized spacial score (nSPS) is 11.3. The molecule has 0 radical (unpaired) electrons. The highest BCUT2D eigenvalue weighted by Crippen LogP contribution is 2.23. The van der Waals surface area contributed by atoms with E-state index in [1.807, 2.05) is 55.5 Å². The molecule has 5 nitrogen and oxygen atoms in total. The summed E-state index contributed by atoms with van der Waals surface area (Å²) in [7, 11) is 0. The number of aromatic nitrogens is 2. The summed E-state index contributed by atoms with van der Waals surface area (Å²) in [6, 6.07) is 15.9. The van der Waals surface area contributed by atoms with E-state index in [4.69, 9.17) is 0 Å². The van der Waals surface area contributed by atoms with E-state index in [1.165, 1.54) is 11.8 Å². The van der Waals surface area contributed by atoms with Crippen LogP contribution >= 0.6 is 11.8 Å². The number of fused-ring (bicyclic) bond motifs is 1. The minimum atomic E-state index is -0.149. The van der Waals surface area contributed by atoms with Crippen LogP contribution in [-0.2, 0) is 11.3 Å². The Morgan fingerprint density at radius 2 is 2.12 bits per heavy atom. The third-order valence-electron chi connectivity index (χ3n) is 3.71. The zero-order valence-electron chi connectivity index (χ0n) is 14.3. The Morgan fingerprint density at radius 1 is 1.28 bits per heavy atom. The predicted molar refractivity (Wildman–Crippen MR) is 103 cm³/mol. The number of rotatable bonds is 6. The lowest BCUT2D eigenvalue weighted by atomic mass is 10.2. The molecular weight excluding hydrogens is 332 g/mol. The van der Waals surface area contributed by atoms with Gasteiger partial charge in [-0.25, -0.2) is 10.4 Å². The number of aryl methyl sites for hydroxylation is 2. The van der Waals surface area contributed by atoms with Crippen molar-refractivity contribution >= 4 is 34.9 Å². The van der Waals surface area contributed by atoms with Crippen LogP contribution in [0.15, 0.2) is 58.8 Å². The fourth-order valence-corrected chi connectivity index (χ4v) is 3.43. The van der Waals surface area contributed by atoms with Crippen LogP contribution < -0.4 is 5.43 Å². The molecule has 2 aromatic carbocycles. The van der Waals surface area contributed by atoms with E-state index in [9.17, 15) is 4.79 Å². The first kappa shape index (κ1) is 17.2. The van der Waals surface area contributed by atoms with Crippen LogP contribution in [0.25, 0.3) is 11.0 Å². The van der Waals surface area contributed by atoms with Crippen molar-refractivity contribution in [2.45, 2.75) is 25.5 Å². The van der Waals surface area contributed by atoms with E-state index in [1.54, 1.807) is 6.21 Å². The molecule has 1 N–H and O–H groups in total. The van der Waals surface area contributed by atoms with E-state index >= 15 is 0 Å². The summed E-state index contributed by atoms with van der Waals surface area (Å²) in [5.74, 6) is 0.123. The number of nitrogens with zero attached hydrogens (tertiary/aromatic N) is 3. The Bertz CT molecular complexity index is 917. The summed E-state index contributed by atoms with van der Waals surface area (Å²) in [6.45, 7) is 4.91. The van der Waals surface area contributed by atoms with Crippen LogP contribution in [0.5, 0.6) is 0 Å². The number of para-hydroxylation sites is 2.